The molecule has 19 heteroatoms. The molecule has 0 aliphatic rings. The van der Waals surface area contributed by atoms with Crippen LogP contribution in [-0.2, 0) is 65.4 Å². The quantitative estimate of drug-likeness (QED) is 0.0169. The van der Waals surface area contributed by atoms with Crippen LogP contribution in [0.1, 0.15) is 400 Å². The molecule has 0 amide bonds. The number of phosphoric ester groups is 2. The number of hydrogen-bond donors (Lipinski definition) is 3. The first-order chi connectivity index (χ1) is 49.7. The minimum atomic E-state index is -4.97. The Kier molecular flexibility index (Phi) is 74.0. The van der Waals surface area contributed by atoms with Gasteiger partial charge in [0.25, 0.3) is 0 Å². The van der Waals surface area contributed by atoms with Crippen molar-refractivity contribution in [1.29, 1.82) is 0 Å². The molecular formula is C83H154O17P2. The van der Waals surface area contributed by atoms with E-state index in [1.807, 2.05) is 0 Å². The molecule has 5 atom stereocenters. The van der Waals surface area contributed by atoms with E-state index in [0.29, 0.717) is 25.7 Å². The number of carbonyl (C=O) groups excluding carboxylic acids is 4. The molecule has 0 aromatic heterocycles. The van der Waals surface area contributed by atoms with Crippen LogP contribution in [0.2, 0.25) is 0 Å². The van der Waals surface area contributed by atoms with Gasteiger partial charge in [-0.3, -0.25) is 37.3 Å². The second kappa shape index (κ2) is 76.2. The van der Waals surface area contributed by atoms with Gasteiger partial charge in [-0.25, -0.2) is 9.13 Å². The number of allylic oxidation sites excluding steroid dienone is 8. The van der Waals surface area contributed by atoms with E-state index in [2.05, 4.69) is 76.3 Å². The molecule has 0 aliphatic heterocycles. The molecule has 0 aromatic rings. The molecule has 0 aliphatic carbocycles. The summed E-state index contributed by atoms with van der Waals surface area (Å²) in [5.41, 5.74) is 0. The summed E-state index contributed by atoms with van der Waals surface area (Å²) in [5.74, 6) is -2.15. The fourth-order valence-corrected chi connectivity index (χ4v) is 13.5. The lowest BCUT2D eigenvalue weighted by molar-refractivity contribution is -0.161. The van der Waals surface area contributed by atoms with E-state index in [1.165, 1.54) is 180 Å². The van der Waals surface area contributed by atoms with Gasteiger partial charge in [-0.05, 0) is 89.9 Å². The third-order valence-corrected chi connectivity index (χ3v) is 20.2. The maximum Gasteiger partial charge on any atom is 0.472 e. The third kappa shape index (κ3) is 75.3. The molecule has 0 bridgehead atoms. The highest BCUT2D eigenvalue weighted by molar-refractivity contribution is 7.47. The second-order valence-electron chi connectivity index (χ2n) is 28.4. The number of unbranched alkanes of at least 4 members (excludes halogenated alkanes) is 46. The monoisotopic (exact) mass is 1490 g/mol. The van der Waals surface area contributed by atoms with E-state index in [4.69, 9.17) is 37.0 Å². The Hall–Kier alpha value is -2.98. The molecule has 0 radical (unpaired) electrons. The van der Waals surface area contributed by atoms with Crippen LogP contribution in [0, 0.1) is 0 Å². The molecule has 0 rings (SSSR count). The number of phosphoric acid groups is 2. The normalized spacial score (nSPS) is 14.1. The van der Waals surface area contributed by atoms with E-state index in [9.17, 15) is 43.2 Å². The number of aliphatic hydroxyl groups excluding tert-OH is 1. The SMILES string of the molecule is CCCCC/C=C\C/C=C\C/C=C\CCCCCCCCC(=O)OCC(COP(=O)(O)OCC(O)COP(=O)(O)OCC(COC(=O)CCCCCCCCCCCCCCCCC)OC(=O)CCCCCCCCCCCCCCC)OC(=O)CCCCCCC/C=C\CCCCCCCC. The minimum absolute atomic E-state index is 0.0872. The molecule has 5 unspecified atom stereocenters. The molecular weight excluding hydrogens is 1330 g/mol. The molecule has 0 heterocycles. The summed E-state index contributed by atoms with van der Waals surface area (Å²) in [5, 5.41) is 10.6. The van der Waals surface area contributed by atoms with Gasteiger partial charge in [-0.1, -0.05) is 333 Å². The van der Waals surface area contributed by atoms with E-state index >= 15 is 0 Å². The van der Waals surface area contributed by atoms with Crippen LogP contribution in [0.25, 0.3) is 0 Å². The van der Waals surface area contributed by atoms with Crippen molar-refractivity contribution in [3.8, 4) is 0 Å². The van der Waals surface area contributed by atoms with Crippen LogP contribution in [-0.4, -0.2) is 96.7 Å². The summed E-state index contributed by atoms with van der Waals surface area (Å²) in [6, 6.07) is 0. The molecule has 0 fully saturated rings. The van der Waals surface area contributed by atoms with Crippen LogP contribution < -0.4 is 0 Å². The van der Waals surface area contributed by atoms with Crippen LogP contribution >= 0.6 is 15.6 Å². The highest BCUT2D eigenvalue weighted by atomic mass is 31.2. The fraction of sp³-hybridized carbons (Fsp3) is 0.855. The van der Waals surface area contributed by atoms with Crippen LogP contribution in [0.5, 0.6) is 0 Å². The van der Waals surface area contributed by atoms with Crippen molar-refractivity contribution in [1.82, 2.24) is 0 Å². The predicted octanol–water partition coefficient (Wildman–Crippen LogP) is 24.5. The predicted molar refractivity (Wildman–Crippen MR) is 418 cm³/mol. The summed E-state index contributed by atoms with van der Waals surface area (Å²) >= 11 is 0. The molecule has 102 heavy (non-hydrogen) atoms. The van der Waals surface area contributed by atoms with Crippen molar-refractivity contribution in [2.45, 2.75) is 418 Å². The smallest absolute Gasteiger partial charge is 0.462 e. The van der Waals surface area contributed by atoms with Gasteiger partial charge in [0.05, 0.1) is 26.4 Å². The van der Waals surface area contributed by atoms with E-state index in [-0.39, 0.29) is 25.7 Å². The summed E-state index contributed by atoms with van der Waals surface area (Å²) in [6.45, 7) is 4.92. The number of hydrogen-bond acceptors (Lipinski definition) is 15. The van der Waals surface area contributed by atoms with Crippen LogP contribution in [0.3, 0.4) is 0 Å². The summed E-state index contributed by atoms with van der Waals surface area (Å²) in [7, 11) is -9.94. The summed E-state index contributed by atoms with van der Waals surface area (Å²) in [6.07, 6.45) is 75.0. The molecule has 0 aromatic carbocycles. The summed E-state index contributed by atoms with van der Waals surface area (Å²) < 4.78 is 68.7. The van der Waals surface area contributed by atoms with Gasteiger partial charge in [0.2, 0.25) is 0 Å². The van der Waals surface area contributed by atoms with Crippen molar-refractivity contribution in [2.75, 3.05) is 39.6 Å². The topological polar surface area (TPSA) is 237 Å². The standard InChI is InChI=1S/C83H154O17P2/c1-5-9-13-17-21-25-29-33-36-37-38-39-42-45-48-52-56-60-64-68-81(86)94-74-79(100-83(88)70-66-62-58-54-50-46-41-35-31-27-23-19-15-11-7-3)76-98-102(91,92)96-72-77(84)71-95-101(89,90)97-75-78(99-82(87)69-65-61-57-53-49-43-32-28-24-20-16-12-8-4)73-93-80(85)67-63-59-55-51-47-44-40-34-30-26-22-18-14-10-6-2/h21,25,33,35-36,38-39,41,77-79,84H,5-20,22-24,26-32,34,37,40,42-76H2,1-4H3,(H,89,90)(H,91,92)/b25-21-,36-33-,39-38-,41-35-. The fourth-order valence-electron chi connectivity index (χ4n) is 11.9. The zero-order valence-corrected chi connectivity index (χ0v) is 67.3. The average Bonchev–Trinajstić information content (AvgIpc) is 0.924. The number of esters is 4. The molecule has 598 valence electrons. The van der Waals surface area contributed by atoms with E-state index in [0.717, 1.165) is 141 Å². The third-order valence-electron chi connectivity index (χ3n) is 18.3. The first kappa shape index (κ1) is 99.0. The van der Waals surface area contributed by atoms with Crippen molar-refractivity contribution < 1.29 is 80.2 Å². The van der Waals surface area contributed by atoms with Crippen molar-refractivity contribution >= 4 is 39.5 Å². The Morgan fingerprint density at radius 2 is 0.480 bits per heavy atom. The van der Waals surface area contributed by atoms with E-state index < -0.39 is 97.5 Å². The van der Waals surface area contributed by atoms with Crippen molar-refractivity contribution in [2.24, 2.45) is 0 Å². The van der Waals surface area contributed by atoms with Crippen LogP contribution in [0.15, 0.2) is 48.6 Å². The first-order valence-corrected chi connectivity index (χ1v) is 44.9. The highest BCUT2D eigenvalue weighted by Gasteiger charge is 2.30. The molecule has 3 N–H and O–H groups in total. The number of rotatable bonds is 80. The van der Waals surface area contributed by atoms with Gasteiger partial charge < -0.3 is 33.8 Å². The lowest BCUT2D eigenvalue weighted by Gasteiger charge is -2.21. The van der Waals surface area contributed by atoms with Crippen molar-refractivity contribution in [3.05, 3.63) is 48.6 Å². The Balaban J connectivity index is 5.31. The summed E-state index contributed by atoms with van der Waals surface area (Å²) in [4.78, 5) is 73.1. The minimum Gasteiger partial charge on any atom is -0.462 e. The Morgan fingerprint density at radius 1 is 0.275 bits per heavy atom. The van der Waals surface area contributed by atoms with Crippen molar-refractivity contribution in [3.63, 3.8) is 0 Å². The zero-order valence-electron chi connectivity index (χ0n) is 65.6. The van der Waals surface area contributed by atoms with Gasteiger partial charge in [-0.15, -0.1) is 0 Å². The molecule has 0 saturated carbocycles. The lowest BCUT2D eigenvalue weighted by Crippen LogP contribution is -2.30. The average molecular weight is 1490 g/mol. The Bertz CT molecular complexity index is 2120. The van der Waals surface area contributed by atoms with Gasteiger partial charge in [0.1, 0.15) is 19.3 Å². The maximum absolute atomic E-state index is 13.1. The Morgan fingerprint density at radius 3 is 0.765 bits per heavy atom. The first-order valence-electron chi connectivity index (χ1n) is 41.9. The molecule has 17 nitrogen and oxygen atoms in total. The van der Waals surface area contributed by atoms with Gasteiger partial charge in [-0.2, -0.15) is 0 Å². The maximum atomic E-state index is 13.1. The van der Waals surface area contributed by atoms with Crippen LogP contribution in [0.4, 0.5) is 0 Å². The Labute approximate surface area is 623 Å². The van der Waals surface area contributed by atoms with E-state index in [1.54, 1.807) is 0 Å². The largest absolute Gasteiger partial charge is 0.472 e. The zero-order chi connectivity index (χ0) is 74.6. The van der Waals surface area contributed by atoms with Gasteiger partial charge in [0.15, 0.2) is 12.2 Å². The molecule has 0 spiro atoms. The van der Waals surface area contributed by atoms with Gasteiger partial charge in [0, 0.05) is 25.7 Å². The molecule has 0 saturated heterocycles. The number of aliphatic hydroxyl groups is 1. The number of ether oxygens (including phenoxy) is 4. The highest BCUT2D eigenvalue weighted by Crippen LogP contribution is 2.45. The lowest BCUT2D eigenvalue weighted by atomic mass is 10.0. The second-order valence-corrected chi connectivity index (χ2v) is 31.3. The number of carbonyl (C=O) groups is 4. The van der Waals surface area contributed by atoms with Gasteiger partial charge >= 0.3 is 39.5 Å².